The molecular weight excluding hydrogens is 254 g/mol. The van der Waals surface area contributed by atoms with Crippen molar-refractivity contribution in [3.8, 4) is 0 Å². The molecule has 0 aromatic carbocycles. The molecule has 1 nitrogen and oxygen atoms in total. The minimum absolute atomic E-state index is 0.515. The summed E-state index contributed by atoms with van der Waals surface area (Å²) in [5.74, 6) is 3.16. The zero-order valence-electron chi connectivity index (χ0n) is 14.3. The van der Waals surface area contributed by atoms with E-state index in [0.717, 1.165) is 17.8 Å². The van der Waals surface area contributed by atoms with Gasteiger partial charge in [0.05, 0.1) is 0 Å². The van der Waals surface area contributed by atoms with Crippen molar-refractivity contribution in [3.63, 3.8) is 0 Å². The summed E-state index contributed by atoms with van der Waals surface area (Å²) in [5, 5.41) is 0. The van der Waals surface area contributed by atoms with E-state index in [0.29, 0.717) is 11.5 Å². The monoisotopic (exact) mass is 291 g/mol. The van der Waals surface area contributed by atoms with Gasteiger partial charge in [0.2, 0.25) is 0 Å². The fourth-order valence-electron chi connectivity index (χ4n) is 6.26. The highest BCUT2D eigenvalue weighted by molar-refractivity contribution is 5.05. The van der Waals surface area contributed by atoms with Crippen LogP contribution < -0.4 is 5.73 Å². The van der Waals surface area contributed by atoms with E-state index in [1.807, 2.05) is 0 Å². The van der Waals surface area contributed by atoms with Gasteiger partial charge in [-0.05, 0) is 68.1 Å². The van der Waals surface area contributed by atoms with Gasteiger partial charge >= 0.3 is 0 Å². The van der Waals surface area contributed by atoms with Crippen LogP contribution >= 0.6 is 0 Å². The molecule has 2 N–H and O–H groups in total. The zero-order chi connectivity index (χ0) is 14.7. The Bertz CT molecular complexity index is 287. The molecule has 0 aliphatic heterocycles. The highest BCUT2D eigenvalue weighted by Gasteiger charge is 2.52. The predicted molar refractivity (Wildman–Crippen MR) is 91.2 cm³/mol. The first-order valence-corrected chi connectivity index (χ1v) is 9.97. The van der Waals surface area contributed by atoms with Gasteiger partial charge in [-0.1, -0.05) is 51.9 Å². The van der Waals surface area contributed by atoms with E-state index in [9.17, 15) is 0 Å². The summed E-state index contributed by atoms with van der Waals surface area (Å²) >= 11 is 0. The van der Waals surface area contributed by atoms with Crippen molar-refractivity contribution in [2.24, 2.45) is 28.9 Å². The minimum atomic E-state index is 0.515. The second-order valence-corrected chi connectivity index (χ2v) is 8.80. The molecule has 0 aromatic heterocycles. The summed E-state index contributed by atoms with van der Waals surface area (Å²) in [6.07, 6.45) is 20.3. The molecule has 1 unspecified atom stereocenters. The summed E-state index contributed by atoms with van der Waals surface area (Å²) < 4.78 is 0. The summed E-state index contributed by atoms with van der Waals surface area (Å²) in [5.41, 5.74) is 7.32. The molecule has 0 spiro atoms. The average Bonchev–Trinajstić information content (AvgIpc) is 2.44. The molecular formula is C20H37N. The highest BCUT2D eigenvalue weighted by atomic mass is 14.7. The Hall–Kier alpha value is -0.0400. The molecule has 1 heteroatoms. The quantitative estimate of drug-likeness (QED) is 0.544. The SMILES string of the molecule is CCCCCCCCCC(N)C12CC3CC(CC(C3)C1)C2. The molecule has 4 aliphatic rings. The third kappa shape index (κ3) is 3.66. The maximum Gasteiger partial charge on any atom is 0.00958 e. The lowest BCUT2D eigenvalue weighted by molar-refractivity contribution is -0.0684. The molecule has 0 aromatic rings. The van der Waals surface area contributed by atoms with Crippen molar-refractivity contribution in [1.82, 2.24) is 0 Å². The van der Waals surface area contributed by atoms with Crippen LogP contribution in [-0.4, -0.2) is 6.04 Å². The lowest BCUT2D eigenvalue weighted by Crippen LogP contribution is -2.54. The number of nitrogens with two attached hydrogens (primary N) is 1. The zero-order valence-corrected chi connectivity index (χ0v) is 14.3. The molecule has 0 saturated heterocycles. The van der Waals surface area contributed by atoms with Gasteiger partial charge in [-0.25, -0.2) is 0 Å². The Morgan fingerprint density at radius 3 is 1.81 bits per heavy atom. The van der Waals surface area contributed by atoms with Gasteiger partial charge in [0.15, 0.2) is 0 Å². The van der Waals surface area contributed by atoms with Crippen LogP contribution in [0.3, 0.4) is 0 Å². The Labute approximate surface area is 132 Å². The summed E-state index contributed by atoms with van der Waals surface area (Å²) in [7, 11) is 0. The molecule has 4 aliphatic carbocycles. The van der Waals surface area contributed by atoms with Crippen molar-refractivity contribution in [2.45, 2.75) is 103 Å². The fourth-order valence-corrected chi connectivity index (χ4v) is 6.26. The van der Waals surface area contributed by atoms with Gasteiger partial charge in [-0.2, -0.15) is 0 Å². The van der Waals surface area contributed by atoms with Gasteiger partial charge in [-0.15, -0.1) is 0 Å². The molecule has 21 heavy (non-hydrogen) atoms. The van der Waals surface area contributed by atoms with E-state index in [-0.39, 0.29) is 0 Å². The van der Waals surface area contributed by atoms with E-state index >= 15 is 0 Å². The van der Waals surface area contributed by atoms with Crippen LogP contribution in [-0.2, 0) is 0 Å². The molecule has 0 radical (unpaired) electrons. The molecule has 1 atom stereocenters. The molecule has 4 saturated carbocycles. The maximum atomic E-state index is 6.74. The third-order valence-corrected chi connectivity index (χ3v) is 6.99. The third-order valence-electron chi connectivity index (χ3n) is 6.99. The smallest absolute Gasteiger partial charge is 0.00958 e. The van der Waals surface area contributed by atoms with Crippen LogP contribution in [0.4, 0.5) is 0 Å². The van der Waals surface area contributed by atoms with Crippen molar-refractivity contribution in [2.75, 3.05) is 0 Å². The molecule has 4 bridgehead atoms. The second-order valence-electron chi connectivity index (χ2n) is 8.80. The maximum absolute atomic E-state index is 6.74. The number of unbranched alkanes of at least 4 members (excludes halogenated alkanes) is 6. The van der Waals surface area contributed by atoms with Gasteiger partial charge in [0.1, 0.15) is 0 Å². The van der Waals surface area contributed by atoms with Gasteiger partial charge in [0, 0.05) is 6.04 Å². The number of hydrogen-bond acceptors (Lipinski definition) is 1. The van der Waals surface area contributed by atoms with Crippen LogP contribution in [0.1, 0.15) is 96.8 Å². The molecule has 4 rings (SSSR count). The number of hydrogen-bond donors (Lipinski definition) is 1. The van der Waals surface area contributed by atoms with Crippen molar-refractivity contribution < 1.29 is 0 Å². The summed E-state index contributed by atoms with van der Waals surface area (Å²) in [4.78, 5) is 0. The normalized spacial score (nSPS) is 38.9. The largest absolute Gasteiger partial charge is 0.327 e. The Balaban J connectivity index is 1.38. The Morgan fingerprint density at radius 1 is 0.810 bits per heavy atom. The summed E-state index contributed by atoms with van der Waals surface area (Å²) in [6, 6.07) is 0.515. The highest BCUT2D eigenvalue weighted by Crippen LogP contribution is 2.61. The Kier molecular flexibility index (Phi) is 5.30. The molecule has 122 valence electrons. The first-order valence-electron chi connectivity index (χ1n) is 9.97. The van der Waals surface area contributed by atoms with Crippen LogP contribution in [0.5, 0.6) is 0 Å². The summed E-state index contributed by atoms with van der Waals surface area (Å²) in [6.45, 7) is 2.30. The molecule has 0 heterocycles. The molecule has 4 fully saturated rings. The minimum Gasteiger partial charge on any atom is -0.327 e. The van der Waals surface area contributed by atoms with E-state index in [2.05, 4.69) is 6.92 Å². The predicted octanol–water partition coefficient (Wildman–Crippen LogP) is 5.67. The van der Waals surface area contributed by atoms with Crippen molar-refractivity contribution in [1.29, 1.82) is 0 Å². The van der Waals surface area contributed by atoms with Crippen LogP contribution in [0.2, 0.25) is 0 Å². The van der Waals surface area contributed by atoms with Gasteiger partial charge in [-0.3, -0.25) is 0 Å². The first kappa shape index (κ1) is 15.8. The van der Waals surface area contributed by atoms with E-state index in [1.165, 1.54) is 70.6 Å². The lowest BCUT2D eigenvalue weighted by Gasteiger charge is -2.59. The van der Waals surface area contributed by atoms with E-state index < -0.39 is 0 Å². The van der Waals surface area contributed by atoms with E-state index in [4.69, 9.17) is 5.73 Å². The lowest BCUT2D eigenvalue weighted by atomic mass is 9.47. The van der Waals surface area contributed by atoms with Crippen molar-refractivity contribution in [3.05, 3.63) is 0 Å². The second kappa shape index (κ2) is 7.02. The Morgan fingerprint density at radius 2 is 1.29 bits per heavy atom. The van der Waals surface area contributed by atoms with Gasteiger partial charge < -0.3 is 5.73 Å². The van der Waals surface area contributed by atoms with E-state index in [1.54, 1.807) is 19.3 Å². The number of rotatable bonds is 9. The standard InChI is InChI=1S/C20H37N/c1-2-3-4-5-6-7-8-9-19(21)20-13-16-10-17(14-20)12-18(11-16)15-20/h16-19H,2-15,21H2,1H3. The van der Waals surface area contributed by atoms with Crippen LogP contribution in [0.15, 0.2) is 0 Å². The van der Waals surface area contributed by atoms with Crippen molar-refractivity contribution >= 4 is 0 Å². The fraction of sp³-hybridized carbons (Fsp3) is 1.00. The molecule has 0 amide bonds. The van der Waals surface area contributed by atoms with Crippen LogP contribution in [0, 0.1) is 23.2 Å². The topological polar surface area (TPSA) is 26.0 Å². The average molecular weight is 292 g/mol. The van der Waals surface area contributed by atoms with Gasteiger partial charge in [0.25, 0.3) is 0 Å². The first-order chi connectivity index (χ1) is 10.2. The van der Waals surface area contributed by atoms with Crippen LogP contribution in [0.25, 0.3) is 0 Å².